The van der Waals surface area contributed by atoms with E-state index in [1.165, 1.54) is 11.1 Å². The van der Waals surface area contributed by atoms with E-state index in [0.29, 0.717) is 19.7 Å². The minimum absolute atomic E-state index is 0.00972. The van der Waals surface area contributed by atoms with Crippen LogP contribution in [0.15, 0.2) is 30.3 Å². The molecule has 0 spiro atoms. The molecule has 2 aromatic rings. The second-order valence-corrected chi connectivity index (χ2v) is 8.68. The molecule has 0 radical (unpaired) electrons. The Morgan fingerprint density at radius 1 is 1.27 bits per heavy atom. The minimum Gasteiger partial charge on any atom is -0.466 e. The number of hydrogen-bond donors (Lipinski definition) is 0. The zero-order valence-corrected chi connectivity index (χ0v) is 18.1. The Balaban J connectivity index is 1.48. The van der Waals surface area contributed by atoms with Crippen LogP contribution in [-0.2, 0) is 40.8 Å². The molecule has 6 heteroatoms. The smallest absolute Gasteiger partial charge is 0.309 e. The van der Waals surface area contributed by atoms with Crippen LogP contribution in [0.3, 0.4) is 0 Å². The Morgan fingerprint density at radius 2 is 2.03 bits per heavy atom. The highest BCUT2D eigenvalue weighted by molar-refractivity contribution is 5.80. The standard InChI is InChI=1S/C24H31N3O3/c1-4-30-24(29)22-13-20(22)14-27(15-21-11-16(2)26(3)25-21)23(28)19-10-9-17-7-5-6-8-18(17)12-19/h5-8,11,19-20,22H,4,9-10,12-15H2,1-3H3/t19-,20+,22-/m1/s1. The summed E-state index contributed by atoms with van der Waals surface area (Å²) < 4.78 is 7.01. The zero-order valence-electron chi connectivity index (χ0n) is 18.1. The molecule has 3 atom stereocenters. The molecule has 1 aromatic heterocycles. The highest BCUT2D eigenvalue weighted by Crippen LogP contribution is 2.41. The molecule has 0 saturated heterocycles. The van der Waals surface area contributed by atoms with Crippen LogP contribution >= 0.6 is 0 Å². The van der Waals surface area contributed by atoms with Gasteiger partial charge in [0.15, 0.2) is 0 Å². The van der Waals surface area contributed by atoms with Crippen molar-refractivity contribution in [1.29, 1.82) is 0 Å². The molecule has 2 aliphatic carbocycles. The Labute approximate surface area is 178 Å². The molecule has 4 rings (SSSR count). The van der Waals surface area contributed by atoms with Gasteiger partial charge in [-0.3, -0.25) is 14.3 Å². The number of ether oxygens (including phenoxy) is 1. The molecule has 0 unspecified atom stereocenters. The fourth-order valence-electron chi connectivity index (χ4n) is 4.58. The van der Waals surface area contributed by atoms with E-state index < -0.39 is 0 Å². The van der Waals surface area contributed by atoms with Gasteiger partial charge in [-0.15, -0.1) is 0 Å². The summed E-state index contributed by atoms with van der Waals surface area (Å²) >= 11 is 0. The van der Waals surface area contributed by atoms with Crippen LogP contribution in [0, 0.1) is 24.7 Å². The van der Waals surface area contributed by atoms with Gasteiger partial charge in [-0.2, -0.15) is 5.10 Å². The van der Waals surface area contributed by atoms with Crippen molar-refractivity contribution in [2.45, 2.75) is 46.1 Å². The van der Waals surface area contributed by atoms with Gasteiger partial charge in [0.1, 0.15) is 0 Å². The van der Waals surface area contributed by atoms with Gasteiger partial charge in [0, 0.05) is 25.2 Å². The van der Waals surface area contributed by atoms with E-state index in [1.807, 2.05) is 42.6 Å². The average molecular weight is 410 g/mol. The molecular formula is C24H31N3O3. The molecule has 0 aliphatic heterocycles. The van der Waals surface area contributed by atoms with E-state index in [4.69, 9.17) is 4.74 Å². The lowest BCUT2D eigenvalue weighted by Gasteiger charge is -2.30. The molecule has 30 heavy (non-hydrogen) atoms. The van der Waals surface area contributed by atoms with Crippen molar-refractivity contribution < 1.29 is 14.3 Å². The molecule has 0 bridgehead atoms. The monoisotopic (exact) mass is 409 g/mol. The Kier molecular flexibility index (Phi) is 5.93. The van der Waals surface area contributed by atoms with Crippen molar-refractivity contribution >= 4 is 11.9 Å². The fourth-order valence-corrected chi connectivity index (χ4v) is 4.58. The van der Waals surface area contributed by atoms with Crippen LogP contribution in [0.5, 0.6) is 0 Å². The highest BCUT2D eigenvalue weighted by atomic mass is 16.5. The van der Waals surface area contributed by atoms with Gasteiger partial charge in [-0.25, -0.2) is 0 Å². The lowest BCUT2D eigenvalue weighted by atomic mass is 9.83. The number of benzene rings is 1. The number of carbonyl (C=O) groups is 2. The number of esters is 1. The number of carbonyl (C=O) groups excluding carboxylic acids is 2. The summed E-state index contributed by atoms with van der Waals surface area (Å²) in [5, 5.41) is 4.56. The van der Waals surface area contributed by atoms with E-state index >= 15 is 0 Å². The summed E-state index contributed by atoms with van der Waals surface area (Å²) in [5.41, 5.74) is 4.61. The van der Waals surface area contributed by atoms with E-state index in [0.717, 1.165) is 37.1 Å². The van der Waals surface area contributed by atoms with Gasteiger partial charge in [0.2, 0.25) is 5.91 Å². The van der Waals surface area contributed by atoms with Gasteiger partial charge in [-0.1, -0.05) is 24.3 Å². The van der Waals surface area contributed by atoms with Gasteiger partial charge >= 0.3 is 5.97 Å². The van der Waals surface area contributed by atoms with Gasteiger partial charge in [0.05, 0.1) is 24.8 Å². The van der Waals surface area contributed by atoms with Crippen molar-refractivity contribution in [2.24, 2.45) is 24.8 Å². The Morgan fingerprint density at radius 3 is 2.73 bits per heavy atom. The summed E-state index contributed by atoms with van der Waals surface area (Å²) in [6, 6.07) is 10.5. The lowest BCUT2D eigenvalue weighted by molar-refractivity contribution is -0.145. The van der Waals surface area contributed by atoms with Crippen molar-refractivity contribution in [3.63, 3.8) is 0 Å². The number of aryl methyl sites for hydroxylation is 3. The molecule has 1 aromatic carbocycles. The molecular weight excluding hydrogens is 378 g/mol. The first kappa shape index (κ1) is 20.6. The number of amides is 1. The summed E-state index contributed by atoms with van der Waals surface area (Å²) in [5.74, 6) is 0.161. The quantitative estimate of drug-likeness (QED) is 0.660. The highest BCUT2D eigenvalue weighted by Gasteiger charge is 2.46. The van der Waals surface area contributed by atoms with Crippen LogP contribution in [-0.4, -0.2) is 39.7 Å². The molecule has 1 amide bonds. The number of hydrogen-bond acceptors (Lipinski definition) is 4. The zero-order chi connectivity index (χ0) is 21.3. The Hall–Kier alpha value is -2.63. The van der Waals surface area contributed by atoms with E-state index in [-0.39, 0.29) is 29.6 Å². The van der Waals surface area contributed by atoms with Crippen molar-refractivity contribution in [3.05, 3.63) is 52.8 Å². The first-order valence-corrected chi connectivity index (χ1v) is 11.0. The summed E-state index contributed by atoms with van der Waals surface area (Å²) in [7, 11) is 1.92. The topological polar surface area (TPSA) is 64.4 Å². The number of fused-ring (bicyclic) bond motifs is 1. The normalized spacial score (nSPS) is 22.3. The van der Waals surface area contributed by atoms with Crippen LogP contribution in [0.25, 0.3) is 0 Å². The van der Waals surface area contributed by atoms with Crippen molar-refractivity contribution in [3.8, 4) is 0 Å². The van der Waals surface area contributed by atoms with E-state index in [1.54, 1.807) is 0 Å². The van der Waals surface area contributed by atoms with Gasteiger partial charge in [0.25, 0.3) is 0 Å². The predicted molar refractivity (Wildman–Crippen MR) is 114 cm³/mol. The fraction of sp³-hybridized carbons (Fsp3) is 0.542. The second-order valence-electron chi connectivity index (χ2n) is 8.68. The maximum atomic E-state index is 13.5. The largest absolute Gasteiger partial charge is 0.466 e. The molecule has 0 N–H and O–H groups in total. The average Bonchev–Trinajstić information content (AvgIpc) is 3.44. The third-order valence-corrected chi connectivity index (χ3v) is 6.49. The molecule has 1 saturated carbocycles. The van der Waals surface area contributed by atoms with Crippen LogP contribution < -0.4 is 0 Å². The number of aromatic nitrogens is 2. The molecule has 6 nitrogen and oxygen atoms in total. The lowest BCUT2D eigenvalue weighted by Crippen LogP contribution is -2.39. The third kappa shape index (κ3) is 4.42. The first-order chi connectivity index (χ1) is 14.5. The number of nitrogens with zero attached hydrogens (tertiary/aromatic N) is 3. The SMILES string of the molecule is CCOC(=O)[C@@H]1C[C@H]1CN(Cc1cc(C)n(C)n1)C(=O)[C@@H]1CCc2ccccc2C1. The van der Waals surface area contributed by atoms with Crippen LogP contribution in [0.1, 0.15) is 42.3 Å². The summed E-state index contributed by atoms with van der Waals surface area (Å²) in [6.07, 6.45) is 3.41. The molecule has 1 heterocycles. The first-order valence-electron chi connectivity index (χ1n) is 11.0. The Bertz CT molecular complexity index is 916. The molecule has 1 fully saturated rings. The van der Waals surface area contributed by atoms with Crippen molar-refractivity contribution in [2.75, 3.05) is 13.2 Å². The third-order valence-electron chi connectivity index (χ3n) is 6.49. The maximum Gasteiger partial charge on any atom is 0.309 e. The number of rotatable bonds is 7. The van der Waals surface area contributed by atoms with Crippen molar-refractivity contribution in [1.82, 2.24) is 14.7 Å². The van der Waals surface area contributed by atoms with E-state index in [2.05, 4.69) is 23.3 Å². The van der Waals surface area contributed by atoms with Crippen LogP contribution in [0.2, 0.25) is 0 Å². The second kappa shape index (κ2) is 8.62. The molecule has 160 valence electrons. The van der Waals surface area contributed by atoms with E-state index in [9.17, 15) is 9.59 Å². The summed E-state index contributed by atoms with van der Waals surface area (Å²) in [6.45, 7) is 5.33. The minimum atomic E-state index is -0.129. The summed E-state index contributed by atoms with van der Waals surface area (Å²) in [4.78, 5) is 27.6. The van der Waals surface area contributed by atoms with Gasteiger partial charge < -0.3 is 9.64 Å². The predicted octanol–water partition coefficient (Wildman–Crippen LogP) is 3.06. The maximum absolute atomic E-state index is 13.5. The molecule has 2 aliphatic rings. The van der Waals surface area contributed by atoms with Gasteiger partial charge in [-0.05, 0) is 62.6 Å². The van der Waals surface area contributed by atoms with Crippen LogP contribution in [0.4, 0.5) is 0 Å².